The van der Waals surface area contributed by atoms with Crippen LogP contribution in [-0.2, 0) is 0 Å². The quantitative estimate of drug-likeness (QED) is 0.835. The predicted molar refractivity (Wildman–Crippen MR) is 73.3 cm³/mol. The molecule has 20 heavy (non-hydrogen) atoms. The molecule has 0 aliphatic heterocycles. The molecule has 0 spiro atoms. The Labute approximate surface area is 120 Å². The normalized spacial score (nSPS) is 9.85. The second-order valence-corrected chi connectivity index (χ2v) is 4.36. The van der Waals surface area contributed by atoms with Crippen molar-refractivity contribution in [3.05, 3.63) is 64.7 Å². The maximum absolute atomic E-state index is 11.9. The SMILES string of the molecule is O=C([O-])c1ccccc1C(=O)NNc1ccc(Cl)cc1. The van der Waals surface area contributed by atoms with Crippen molar-refractivity contribution in [2.75, 3.05) is 5.43 Å². The predicted octanol–water partition coefficient (Wildman–Crippen LogP) is 1.46. The van der Waals surface area contributed by atoms with E-state index in [-0.39, 0.29) is 11.1 Å². The smallest absolute Gasteiger partial charge is 0.270 e. The molecule has 0 saturated carbocycles. The lowest BCUT2D eigenvalue weighted by atomic mass is 10.1. The first-order valence-corrected chi connectivity index (χ1v) is 6.08. The lowest BCUT2D eigenvalue weighted by Crippen LogP contribution is -2.32. The summed E-state index contributed by atoms with van der Waals surface area (Å²) < 4.78 is 0. The Kier molecular flexibility index (Phi) is 4.22. The van der Waals surface area contributed by atoms with Crippen LogP contribution in [0.1, 0.15) is 20.7 Å². The van der Waals surface area contributed by atoms with Gasteiger partial charge in [-0.05, 0) is 30.3 Å². The molecule has 0 radical (unpaired) electrons. The van der Waals surface area contributed by atoms with Gasteiger partial charge in [-0.25, -0.2) is 0 Å². The maximum Gasteiger partial charge on any atom is 0.270 e. The molecule has 6 heteroatoms. The van der Waals surface area contributed by atoms with E-state index in [1.165, 1.54) is 18.2 Å². The van der Waals surface area contributed by atoms with Gasteiger partial charge in [0.1, 0.15) is 0 Å². The summed E-state index contributed by atoms with van der Waals surface area (Å²) in [7, 11) is 0. The Morgan fingerprint density at radius 2 is 1.55 bits per heavy atom. The van der Waals surface area contributed by atoms with Gasteiger partial charge in [0.25, 0.3) is 5.91 Å². The van der Waals surface area contributed by atoms with E-state index in [4.69, 9.17) is 11.6 Å². The molecule has 0 aliphatic carbocycles. The lowest BCUT2D eigenvalue weighted by Gasteiger charge is -2.12. The molecule has 2 aromatic rings. The summed E-state index contributed by atoms with van der Waals surface area (Å²) in [6.45, 7) is 0. The highest BCUT2D eigenvalue weighted by Crippen LogP contribution is 2.13. The zero-order valence-corrected chi connectivity index (χ0v) is 11.0. The number of carboxylic acid groups (broad SMARTS) is 1. The van der Waals surface area contributed by atoms with Gasteiger partial charge in [-0.1, -0.05) is 29.8 Å². The molecule has 0 atom stereocenters. The summed E-state index contributed by atoms with van der Waals surface area (Å²) in [5.41, 5.74) is 5.55. The summed E-state index contributed by atoms with van der Waals surface area (Å²) in [4.78, 5) is 22.8. The number of carbonyl (C=O) groups excluding carboxylic acids is 2. The second-order valence-electron chi connectivity index (χ2n) is 3.92. The third kappa shape index (κ3) is 3.27. The molecule has 2 aromatic carbocycles. The molecule has 0 aliphatic rings. The molecule has 0 bridgehead atoms. The Bertz CT molecular complexity index is 641. The van der Waals surface area contributed by atoms with Crippen molar-refractivity contribution >= 4 is 29.2 Å². The fourth-order valence-corrected chi connectivity index (χ4v) is 1.71. The number of amides is 1. The van der Waals surface area contributed by atoms with Crippen LogP contribution < -0.4 is 16.0 Å². The van der Waals surface area contributed by atoms with Crippen molar-refractivity contribution in [2.24, 2.45) is 0 Å². The van der Waals surface area contributed by atoms with E-state index in [0.717, 1.165) is 0 Å². The molecular weight excluding hydrogens is 280 g/mol. The van der Waals surface area contributed by atoms with Crippen LogP contribution in [0.25, 0.3) is 0 Å². The summed E-state index contributed by atoms with van der Waals surface area (Å²) in [5.74, 6) is -1.97. The van der Waals surface area contributed by atoms with Gasteiger partial charge < -0.3 is 9.90 Å². The maximum atomic E-state index is 11.9. The standard InChI is InChI=1S/C14H11ClN2O3/c15-9-5-7-10(8-6-9)16-17-13(18)11-3-1-2-4-12(11)14(19)20/h1-8,16H,(H,17,18)(H,19,20)/p-1. The molecule has 0 fully saturated rings. The van der Waals surface area contributed by atoms with E-state index < -0.39 is 11.9 Å². The fraction of sp³-hybridized carbons (Fsp3) is 0. The van der Waals surface area contributed by atoms with Gasteiger partial charge >= 0.3 is 0 Å². The molecule has 0 saturated heterocycles. The molecule has 1 amide bonds. The summed E-state index contributed by atoms with van der Waals surface area (Å²) >= 11 is 5.74. The van der Waals surface area contributed by atoms with E-state index in [0.29, 0.717) is 10.7 Å². The first-order valence-electron chi connectivity index (χ1n) is 5.70. The van der Waals surface area contributed by atoms with Crippen molar-refractivity contribution in [1.29, 1.82) is 0 Å². The molecule has 2 N–H and O–H groups in total. The van der Waals surface area contributed by atoms with Crippen molar-refractivity contribution in [3.8, 4) is 0 Å². The van der Waals surface area contributed by atoms with Crippen LogP contribution in [0.5, 0.6) is 0 Å². The number of carbonyl (C=O) groups is 2. The molecule has 0 unspecified atom stereocenters. The number of anilines is 1. The van der Waals surface area contributed by atoms with Crippen LogP contribution in [0, 0.1) is 0 Å². The minimum atomic E-state index is -1.40. The van der Waals surface area contributed by atoms with Gasteiger partial charge in [0.2, 0.25) is 0 Å². The van der Waals surface area contributed by atoms with Crippen LogP contribution >= 0.6 is 11.6 Å². The largest absolute Gasteiger partial charge is 0.545 e. The molecule has 102 valence electrons. The van der Waals surface area contributed by atoms with Crippen LogP contribution in [0.4, 0.5) is 5.69 Å². The molecule has 0 aromatic heterocycles. The highest BCUT2D eigenvalue weighted by atomic mass is 35.5. The minimum absolute atomic E-state index is 0.0222. The van der Waals surface area contributed by atoms with Gasteiger partial charge in [-0.3, -0.25) is 15.6 Å². The van der Waals surface area contributed by atoms with Gasteiger partial charge in [-0.15, -0.1) is 0 Å². The van der Waals surface area contributed by atoms with E-state index >= 15 is 0 Å². The molecule has 0 heterocycles. The van der Waals surface area contributed by atoms with E-state index in [2.05, 4.69) is 10.9 Å². The average molecular weight is 290 g/mol. The van der Waals surface area contributed by atoms with Gasteiger partial charge in [0, 0.05) is 10.6 Å². The Balaban J connectivity index is 2.09. The number of hydrazine groups is 1. The number of carboxylic acids is 1. The minimum Gasteiger partial charge on any atom is -0.545 e. The number of benzene rings is 2. The van der Waals surface area contributed by atoms with Crippen molar-refractivity contribution in [2.45, 2.75) is 0 Å². The number of rotatable bonds is 4. The van der Waals surface area contributed by atoms with Crippen molar-refractivity contribution in [3.63, 3.8) is 0 Å². The van der Waals surface area contributed by atoms with Gasteiger partial charge in [-0.2, -0.15) is 0 Å². The van der Waals surface area contributed by atoms with Crippen molar-refractivity contribution < 1.29 is 14.7 Å². The van der Waals surface area contributed by atoms with Gasteiger partial charge in [0.15, 0.2) is 0 Å². The van der Waals surface area contributed by atoms with Crippen LogP contribution in [0.3, 0.4) is 0 Å². The Hall–Kier alpha value is -2.53. The lowest BCUT2D eigenvalue weighted by molar-refractivity contribution is -0.255. The monoisotopic (exact) mass is 289 g/mol. The van der Waals surface area contributed by atoms with E-state index in [1.54, 1.807) is 30.3 Å². The first-order chi connectivity index (χ1) is 9.58. The second kappa shape index (κ2) is 6.08. The number of halogens is 1. The van der Waals surface area contributed by atoms with E-state index in [1.807, 2.05) is 0 Å². The Morgan fingerprint density at radius 3 is 2.15 bits per heavy atom. The van der Waals surface area contributed by atoms with E-state index in [9.17, 15) is 14.7 Å². The number of hydrogen-bond acceptors (Lipinski definition) is 4. The number of hydrogen-bond donors (Lipinski definition) is 2. The van der Waals surface area contributed by atoms with Crippen LogP contribution in [0.2, 0.25) is 5.02 Å². The summed E-state index contributed by atoms with van der Waals surface area (Å²) in [6.07, 6.45) is 0. The first kappa shape index (κ1) is 13.9. The highest BCUT2D eigenvalue weighted by molar-refractivity contribution is 6.30. The van der Waals surface area contributed by atoms with Gasteiger partial charge in [0.05, 0.1) is 17.2 Å². The number of nitrogens with one attached hydrogen (secondary N) is 2. The zero-order chi connectivity index (χ0) is 14.5. The summed E-state index contributed by atoms with van der Waals surface area (Å²) in [5, 5.41) is 11.5. The van der Waals surface area contributed by atoms with Crippen molar-refractivity contribution in [1.82, 2.24) is 5.43 Å². The highest BCUT2D eigenvalue weighted by Gasteiger charge is 2.10. The third-order valence-corrected chi connectivity index (χ3v) is 2.81. The summed E-state index contributed by atoms with van der Waals surface area (Å²) in [6, 6.07) is 12.5. The topological polar surface area (TPSA) is 81.3 Å². The number of aromatic carboxylic acids is 1. The third-order valence-electron chi connectivity index (χ3n) is 2.56. The zero-order valence-electron chi connectivity index (χ0n) is 10.2. The molecule has 2 rings (SSSR count). The Morgan fingerprint density at radius 1 is 0.950 bits per heavy atom. The average Bonchev–Trinajstić information content (AvgIpc) is 2.46. The molecule has 5 nitrogen and oxygen atoms in total. The van der Waals surface area contributed by atoms with Crippen LogP contribution in [-0.4, -0.2) is 11.9 Å². The fourth-order valence-electron chi connectivity index (χ4n) is 1.59. The molecular formula is C14H10ClN2O3-. The van der Waals surface area contributed by atoms with Crippen LogP contribution in [0.15, 0.2) is 48.5 Å².